The largest absolute Gasteiger partial charge is 0.374 e. The molecule has 2 aliphatic heterocycles. The average molecular weight is 794 g/mol. The molecule has 1 unspecified atom stereocenters. The smallest absolute Gasteiger partial charge is 0.255 e. The molecule has 1 atom stereocenters. The van der Waals surface area contributed by atoms with Crippen molar-refractivity contribution in [2.45, 2.75) is 88.4 Å². The molecule has 58 heavy (non-hydrogen) atoms. The summed E-state index contributed by atoms with van der Waals surface area (Å²) in [5.41, 5.74) is 2.67. The number of nitrogens with zero attached hydrogens (tertiary/aromatic N) is 4. The molecule has 4 fully saturated rings. The number of pyridine rings is 1. The van der Waals surface area contributed by atoms with Gasteiger partial charge in [0.15, 0.2) is 5.82 Å². The summed E-state index contributed by atoms with van der Waals surface area (Å²) in [5.74, 6) is -1.18. The first-order chi connectivity index (χ1) is 28.2. The maximum Gasteiger partial charge on any atom is 0.255 e. The Morgan fingerprint density at radius 3 is 2.28 bits per heavy atom. The number of H-pyrrole nitrogens is 1. The number of imide groups is 1. The standard InChI is InChI=1S/C43H49F2N9O4/c44-34-24-31(48-36-15-17-38(55)51-42(36)58)12-16-37(34)54-21-19-53(20-22-54)32-13-10-29(11-14-32)49-40(56)26-6-8-30(9-7-26)50-43-47-25-35(45)39(52-43)28-4-1-3-27(23-28)33-5-2-18-46-41(33)57/h1-5,12,16,18,23-26,29-30,32,36,48H,6-11,13-15,17,19-22H2,(H,46,57)(H,49,56)(H,47,50,52)(H,51,55,58). The summed E-state index contributed by atoms with van der Waals surface area (Å²) in [4.78, 5) is 65.2. The molecule has 8 rings (SSSR count). The van der Waals surface area contributed by atoms with Gasteiger partial charge in [0, 0.05) is 79.7 Å². The molecule has 4 heterocycles. The van der Waals surface area contributed by atoms with E-state index in [2.05, 4.69) is 46.0 Å². The number of piperidine rings is 1. The first-order valence-electron chi connectivity index (χ1n) is 20.4. The van der Waals surface area contributed by atoms with E-state index in [1.54, 1.807) is 54.7 Å². The van der Waals surface area contributed by atoms with Gasteiger partial charge in [0.1, 0.15) is 17.6 Å². The minimum atomic E-state index is -0.562. The second-order valence-corrected chi connectivity index (χ2v) is 15.9. The molecule has 2 saturated heterocycles. The quantitative estimate of drug-likeness (QED) is 0.135. The van der Waals surface area contributed by atoms with Crippen molar-refractivity contribution in [1.29, 1.82) is 0 Å². The van der Waals surface area contributed by atoms with E-state index in [1.807, 2.05) is 0 Å². The van der Waals surface area contributed by atoms with Crippen LogP contribution >= 0.6 is 0 Å². The Bertz CT molecular complexity index is 2190. The Morgan fingerprint density at radius 1 is 0.776 bits per heavy atom. The maximum atomic E-state index is 15.2. The highest BCUT2D eigenvalue weighted by Crippen LogP contribution is 2.31. The van der Waals surface area contributed by atoms with Gasteiger partial charge in [-0.1, -0.05) is 18.2 Å². The van der Waals surface area contributed by atoms with E-state index in [0.29, 0.717) is 59.6 Å². The van der Waals surface area contributed by atoms with E-state index in [0.717, 1.165) is 70.7 Å². The number of amides is 3. The first-order valence-corrected chi connectivity index (χ1v) is 20.4. The Morgan fingerprint density at radius 2 is 1.53 bits per heavy atom. The van der Waals surface area contributed by atoms with Crippen LogP contribution < -0.4 is 31.7 Å². The molecular weight excluding hydrogens is 745 g/mol. The number of rotatable bonds is 10. The Kier molecular flexibility index (Phi) is 11.8. The van der Waals surface area contributed by atoms with Gasteiger partial charge in [-0.25, -0.2) is 18.7 Å². The van der Waals surface area contributed by atoms with E-state index in [9.17, 15) is 23.6 Å². The molecule has 0 radical (unpaired) electrons. The van der Waals surface area contributed by atoms with Crippen molar-refractivity contribution in [3.05, 3.63) is 89.0 Å². The number of aromatic nitrogens is 3. The second kappa shape index (κ2) is 17.4. The summed E-state index contributed by atoms with van der Waals surface area (Å²) in [7, 11) is 0. The van der Waals surface area contributed by atoms with Gasteiger partial charge in [-0.05, 0) is 99.7 Å². The third-order valence-electron chi connectivity index (χ3n) is 12.2. The average Bonchev–Trinajstić information content (AvgIpc) is 3.23. The predicted molar refractivity (Wildman–Crippen MR) is 217 cm³/mol. The minimum Gasteiger partial charge on any atom is -0.374 e. The molecule has 0 spiro atoms. The Labute approximate surface area is 335 Å². The maximum absolute atomic E-state index is 15.2. The molecule has 2 saturated carbocycles. The third-order valence-corrected chi connectivity index (χ3v) is 12.2. The number of piperazine rings is 1. The number of benzene rings is 2. The van der Waals surface area contributed by atoms with Crippen LogP contribution in [0.25, 0.3) is 22.4 Å². The first kappa shape index (κ1) is 39.1. The van der Waals surface area contributed by atoms with E-state index >= 15 is 4.39 Å². The van der Waals surface area contributed by atoms with Gasteiger partial charge in [-0.2, -0.15) is 0 Å². The fourth-order valence-corrected chi connectivity index (χ4v) is 8.92. The summed E-state index contributed by atoms with van der Waals surface area (Å²) in [6, 6.07) is 15.6. The second-order valence-electron chi connectivity index (χ2n) is 15.9. The number of aromatic amines is 1. The number of carbonyl (C=O) groups excluding carboxylic acids is 3. The highest BCUT2D eigenvalue weighted by molar-refractivity contribution is 6.01. The Balaban J connectivity index is 0.760. The van der Waals surface area contributed by atoms with Gasteiger partial charge in [0.25, 0.3) is 5.56 Å². The molecule has 13 nitrogen and oxygen atoms in total. The molecule has 2 aliphatic carbocycles. The van der Waals surface area contributed by atoms with E-state index in [1.165, 1.54) is 6.07 Å². The zero-order chi connectivity index (χ0) is 40.2. The molecule has 15 heteroatoms. The third kappa shape index (κ3) is 9.04. The number of hydrogen-bond donors (Lipinski definition) is 5. The van der Waals surface area contributed by atoms with Crippen molar-refractivity contribution in [3.63, 3.8) is 0 Å². The van der Waals surface area contributed by atoms with Crippen molar-refractivity contribution in [2.75, 3.05) is 41.7 Å². The van der Waals surface area contributed by atoms with E-state index < -0.39 is 11.9 Å². The van der Waals surface area contributed by atoms with Crippen LogP contribution in [0.5, 0.6) is 0 Å². The van der Waals surface area contributed by atoms with Gasteiger partial charge in [-0.3, -0.25) is 29.4 Å². The van der Waals surface area contributed by atoms with E-state index in [-0.39, 0.29) is 59.2 Å². The number of halogens is 2. The van der Waals surface area contributed by atoms with Crippen LogP contribution in [0.3, 0.4) is 0 Å². The van der Waals surface area contributed by atoms with Gasteiger partial charge in [0.2, 0.25) is 23.7 Å². The molecule has 3 amide bonds. The number of hydrogen-bond acceptors (Lipinski definition) is 10. The van der Waals surface area contributed by atoms with Crippen molar-refractivity contribution < 1.29 is 23.2 Å². The van der Waals surface area contributed by atoms with E-state index in [4.69, 9.17) is 0 Å². The Hall–Kier alpha value is -5.70. The van der Waals surface area contributed by atoms with Crippen molar-refractivity contribution >= 4 is 35.0 Å². The number of carbonyl (C=O) groups is 3. The lowest BCUT2D eigenvalue weighted by Gasteiger charge is -2.43. The van der Waals surface area contributed by atoms with Crippen LogP contribution in [-0.4, -0.2) is 87.9 Å². The number of nitrogens with one attached hydrogen (secondary N) is 5. The van der Waals surface area contributed by atoms with Gasteiger partial charge < -0.3 is 25.8 Å². The summed E-state index contributed by atoms with van der Waals surface area (Å²) in [6.45, 7) is 3.10. The van der Waals surface area contributed by atoms with Crippen LogP contribution in [0.1, 0.15) is 64.2 Å². The number of anilines is 3. The lowest BCUT2D eigenvalue weighted by Crippen LogP contribution is -2.52. The molecule has 5 N–H and O–H groups in total. The summed E-state index contributed by atoms with van der Waals surface area (Å²) in [6.07, 6.45) is 10.3. The van der Waals surface area contributed by atoms with Gasteiger partial charge in [-0.15, -0.1) is 0 Å². The lowest BCUT2D eigenvalue weighted by atomic mass is 9.84. The zero-order valence-corrected chi connectivity index (χ0v) is 32.3. The molecule has 0 bridgehead atoms. The lowest BCUT2D eigenvalue weighted by molar-refractivity contribution is -0.133. The highest BCUT2D eigenvalue weighted by atomic mass is 19.1. The molecule has 4 aliphatic rings. The van der Waals surface area contributed by atoms with Crippen LogP contribution in [0.4, 0.5) is 26.1 Å². The molecular formula is C43H49F2N9O4. The fraction of sp³-hybridized carbons (Fsp3) is 0.442. The minimum absolute atomic E-state index is 0.0555. The normalized spacial score (nSPS) is 24.2. The summed E-state index contributed by atoms with van der Waals surface area (Å²) in [5, 5.41) is 12.1. The molecule has 304 valence electrons. The summed E-state index contributed by atoms with van der Waals surface area (Å²) >= 11 is 0. The van der Waals surface area contributed by atoms with Crippen LogP contribution in [0.2, 0.25) is 0 Å². The van der Waals surface area contributed by atoms with Crippen molar-refractivity contribution in [1.82, 2.24) is 30.5 Å². The van der Waals surface area contributed by atoms with Crippen molar-refractivity contribution in [3.8, 4) is 22.4 Å². The highest BCUT2D eigenvalue weighted by Gasteiger charge is 2.33. The zero-order valence-electron chi connectivity index (χ0n) is 32.3. The SMILES string of the molecule is O=C1CCC(Nc2ccc(N3CCN(C4CCC(NC(=O)C5CCC(Nc6ncc(F)c(-c7cccc(-c8ccc[nH]c8=O)c7)n6)CC5)CC4)CC3)c(F)c2)C(=O)N1. The fourth-order valence-electron chi connectivity index (χ4n) is 8.92. The molecule has 4 aromatic rings. The van der Waals surface area contributed by atoms with Crippen molar-refractivity contribution in [2.24, 2.45) is 5.92 Å². The molecule has 2 aromatic heterocycles. The van der Waals surface area contributed by atoms with Gasteiger partial charge in [0.05, 0.1) is 11.9 Å². The van der Waals surface area contributed by atoms with Crippen LogP contribution in [-0.2, 0) is 14.4 Å². The van der Waals surface area contributed by atoms with Crippen LogP contribution in [0, 0.1) is 17.6 Å². The van der Waals surface area contributed by atoms with Gasteiger partial charge >= 0.3 is 0 Å². The monoisotopic (exact) mass is 793 g/mol. The molecule has 2 aromatic carbocycles. The van der Waals surface area contributed by atoms with Crippen LogP contribution in [0.15, 0.2) is 71.8 Å². The summed E-state index contributed by atoms with van der Waals surface area (Å²) < 4.78 is 30.2. The topological polar surface area (TPSA) is 164 Å². The predicted octanol–water partition coefficient (Wildman–Crippen LogP) is 5.21.